The summed E-state index contributed by atoms with van der Waals surface area (Å²) in [7, 11) is -1.25. The predicted molar refractivity (Wildman–Crippen MR) is 89.0 cm³/mol. The molecule has 2 rings (SSSR count). The fraction of sp³-hybridized carbons (Fsp3) is 0.733. The third kappa shape index (κ3) is 4.29. The van der Waals surface area contributed by atoms with Crippen molar-refractivity contribution in [2.24, 2.45) is 0 Å². The maximum Gasteiger partial charge on any atom is 0.223 e. The molecule has 1 amide bonds. The van der Waals surface area contributed by atoms with Crippen molar-refractivity contribution in [2.75, 3.05) is 18.6 Å². The standard InChI is InChI=1S/C15H24N2O3S2/c1-15(2,3)12-9-21-13(16-12)5-6-14(18)17(4)11-7-8-22(19,20)10-11/h9,11H,5-8,10H2,1-4H3. The molecule has 0 aliphatic carbocycles. The molecule has 22 heavy (non-hydrogen) atoms. The fourth-order valence-corrected chi connectivity index (χ4v) is 5.24. The van der Waals surface area contributed by atoms with Gasteiger partial charge in [0.1, 0.15) is 0 Å². The van der Waals surface area contributed by atoms with E-state index in [9.17, 15) is 13.2 Å². The van der Waals surface area contributed by atoms with Crippen molar-refractivity contribution in [3.8, 4) is 0 Å². The van der Waals surface area contributed by atoms with Crippen LogP contribution in [0.3, 0.4) is 0 Å². The van der Waals surface area contributed by atoms with Crippen molar-refractivity contribution in [1.82, 2.24) is 9.88 Å². The lowest BCUT2D eigenvalue weighted by Crippen LogP contribution is -2.37. The second kappa shape index (κ2) is 6.28. The Bertz CT molecular complexity index is 644. The maximum atomic E-state index is 12.2. The minimum absolute atomic E-state index is 0.00499. The van der Waals surface area contributed by atoms with Crippen LogP contribution in [0.2, 0.25) is 0 Å². The molecule has 1 fully saturated rings. The van der Waals surface area contributed by atoms with E-state index < -0.39 is 9.84 Å². The Morgan fingerprint density at radius 1 is 1.45 bits per heavy atom. The topological polar surface area (TPSA) is 67.3 Å². The Morgan fingerprint density at radius 3 is 2.64 bits per heavy atom. The third-order valence-corrected chi connectivity index (χ3v) is 6.68. The van der Waals surface area contributed by atoms with E-state index in [0.717, 1.165) is 10.7 Å². The van der Waals surface area contributed by atoms with E-state index in [0.29, 0.717) is 19.3 Å². The van der Waals surface area contributed by atoms with Crippen molar-refractivity contribution in [1.29, 1.82) is 0 Å². The van der Waals surface area contributed by atoms with Crippen molar-refractivity contribution in [3.05, 3.63) is 16.1 Å². The highest BCUT2D eigenvalue weighted by Crippen LogP contribution is 2.24. The van der Waals surface area contributed by atoms with Gasteiger partial charge in [0.2, 0.25) is 5.91 Å². The first-order chi connectivity index (χ1) is 10.1. The lowest BCUT2D eigenvalue weighted by Gasteiger charge is -2.23. The molecule has 5 nitrogen and oxygen atoms in total. The molecular formula is C15H24N2O3S2. The van der Waals surface area contributed by atoms with Gasteiger partial charge in [0.05, 0.1) is 22.2 Å². The zero-order valence-electron chi connectivity index (χ0n) is 13.6. The van der Waals surface area contributed by atoms with Crippen LogP contribution < -0.4 is 0 Å². The van der Waals surface area contributed by atoms with Crippen molar-refractivity contribution >= 4 is 27.1 Å². The number of sulfone groups is 1. The molecule has 1 aromatic rings. The Morgan fingerprint density at radius 2 is 2.14 bits per heavy atom. The molecule has 2 heterocycles. The molecule has 1 saturated heterocycles. The summed E-state index contributed by atoms with van der Waals surface area (Å²) in [5.41, 5.74) is 1.07. The smallest absolute Gasteiger partial charge is 0.223 e. The number of carbonyl (C=O) groups excluding carboxylic acids is 1. The second-order valence-electron chi connectivity index (χ2n) is 6.94. The van der Waals surface area contributed by atoms with Gasteiger partial charge in [0.25, 0.3) is 0 Å². The Balaban J connectivity index is 1.89. The maximum absolute atomic E-state index is 12.2. The monoisotopic (exact) mass is 344 g/mol. The van der Waals surface area contributed by atoms with Gasteiger partial charge in [0, 0.05) is 36.7 Å². The third-order valence-electron chi connectivity index (χ3n) is 4.02. The average molecular weight is 345 g/mol. The van der Waals surface area contributed by atoms with E-state index >= 15 is 0 Å². The Hall–Kier alpha value is -0.950. The molecule has 0 N–H and O–H groups in total. The van der Waals surface area contributed by atoms with Crippen molar-refractivity contribution < 1.29 is 13.2 Å². The average Bonchev–Trinajstić information content (AvgIpc) is 3.01. The highest BCUT2D eigenvalue weighted by atomic mass is 32.2. The zero-order chi connectivity index (χ0) is 16.5. The summed E-state index contributed by atoms with van der Waals surface area (Å²) in [6.07, 6.45) is 1.55. The second-order valence-corrected chi connectivity index (χ2v) is 10.1. The van der Waals surface area contributed by atoms with Crippen LogP contribution in [0, 0.1) is 0 Å². The van der Waals surface area contributed by atoms with E-state index in [4.69, 9.17) is 0 Å². The number of aromatic nitrogens is 1. The minimum Gasteiger partial charge on any atom is -0.342 e. The van der Waals surface area contributed by atoms with Crippen molar-refractivity contribution in [3.63, 3.8) is 0 Å². The van der Waals surface area contributed by atoms with Gasteiger partial charge in [-0.25, -0.2) is 13.4 Å². The van der Waals surface area contributed by atoms with E-state index in [1.807, 2.05) is 5.38 Å². The van der Waals surface area contributed by atoms with Gasteiger partial charge in [-0.3, -0.25) is 4.79 Å². The van der Waals surface area contributed by atoms with Crippen LogP contribution >= 0.6 is 11.3 Å². The quantitative estimate of drug-likeness (QED) is 0.838. The summed E-state index contributed by atoms with van der Waals surface area (Å²) >= 11 is 1.58. The Kier molecular flexibility index (Phi) is 4.96. The highest BCUT2D eigenvalue weighted by Gasteiger charge is 2.32. The van der Waals surface area contributed by atoms with Crippen LogP contribution in [0.1, 0.15) is 44.3 Å². The van der Waals surface area contributed by atoms with E-state index in [1.54, 1.807) is 23.3 Å². The van der Waals surface area contributed by atoms with Crippen molar-refractivity contribution in [2.45, 2.75) is 51.5 Å². The van der Waals surface area contributed by atoms with E-state index in [2.05, 4.69) is 25.8 Å². The van der Waals surface area contributed by atoms with Gasteiger partial charge < -0.3 is 4.90 Å². The molecule has 124 valence electrons. The SMILES string of the molecule is CN(C(=O)CCc1nc(C(C)(C)C)cs1)C1CCS(=O)(=O)C1. The first-order valence-corrected chi connectivity index (χ1v) is 10.2. The summed E-state index contributed by atoms with van der Waals surface area (Å²) in [6.45, 7) is 6.35. The predicted octanol–water partition coefficient (Wildman–Crippen LogP) is 2.02. The molecule has 0 radical (unpaired) electrons. The van der Waals surface area contributed by atoms with E-state index in [1.165, 1.54) is 0 Å². The Labute approximate surface area is 136 Å². The number of carbonyl (C=O) groups is 1. The van der Waals surface area contributed by atoms with Crippen LogP contribution in [0.15, 0.2) is 5.38 Å². The number of rotatable bonds is 4. The van der Waals surface area contributed by atoms with Crippen LogP contribution in [-0.4, -0.2) is 48.8 Å². The summed E-state index contributed by atoms with van der Waals surface area (Å²) < 4.78 is 23.0. The molecular weight excluding hydrogens is 320 g/mol. The lowest BCUT2D eigenvalue weighted by atomic mass is 9.93. The van der Waals surface area contributed by atoms with E-state index in [-0.39, 0.29) is 28.9 Å². The summed E-state index contributed by atoms with van der Waals surface area (Å²) in [5, 5.41) is 3.01. The normalized spacial score (nSPS) is 21.0. The van der Waals surface area contributed by atoms with Crippen LogP contribution in [-0.2, 0) is 26.5 Å². The first-order valence-electron chi connectivity index (χ1n) is 7.49. The molecule has 1 aliphatic rings. The summed E-state index contributed by atoms with van der Waals surface area (Å²) in [4.78, 5) is 18.4. The molecule has 1 atom stereocenters. The zero-order valence-corrected chi connectivity index (χ0v) is 15.3. The van der Waals surface area contributed by atoms with Crippen LogP contribution in [0.4, 0.5) is 0 Å². The largest absolute Gasteiger partial charge is 0.342 e. The molecule has 1 aliphatic heterocycles. The highest BCUT2D eigenvalue weighted by molar-refractivity contribution is 7.91. The lowest BCUT2D eigenvalue weighted by molar-refractivity contribution is -0.131. The summed E-state index contributed by atoms with van der Waals surface area (Å²) in [6, 6.07) is -0.168. The number of hydrogen-bond acceptors (Lipinski definition) is 5. The molecule has 1 aromatic heterocycles. The van der Waals surface area contributed by atoms with Crippen LogP contribution in [0.25, 0.3) is 0 Å². The molecule has 0 bridgehead atoms. The fourth-order valence-electron chi connectivity index (χ4n) is 2.44. The van der Waals surface area contributed by atoms with Gasteiger partial charge in [0.15, 0.2) is 9.84 Å². The molecule has 1 unspecified atom stereocenters. The molecule has 0 aromatic carbocycles. The van der Waals surface area contributed by atoms with Gasteiger partial charge in [-0.1, -0.05) is 20.8 Å². The number of nitrogens with zero attached hydrogens (tertiary/aromatic N) is 2. The number of hydrogen-bond donors (Lipinski definition) is 0. The minimum atomic E-state index is -2.96. The van der Waals surface area contributed by atoms with Crippen LogP contribution in [0.5, 0.6) is 0 Å². The number of aryl methyl sites for hydroxylation is 1. The summed E-state index contributed by atoms with van der Waals surface area (Å²) in [5.74, 6) is 0.284. The molecule has 0 saturated carbocycles. The van der Waals surface area contributed by atoms with Gasteiger partial charge >= 0.3 is 0 Å². The number of amides is 1. The first kappa shape index (κ1) is 17.4. The van der Waals surface area contributed by atoms with Gasteiger partial charge in [-0.15, -0.1) is 11.3 Å². The molecule has 0 spiro atoms. The number of thiazole rings is 1. The van der Waals surface area contributed by atoms with Gasteiger partial charge in [-0.2, -0.15) is 0 Å². The van der Waals surface area contributed by atoms with Gasteiger partial charge in [-0.05, 0) is 6.42 Å². The molecule has 7 heteroatoms.